The van der Waals surface area contributed by atoms with Crippen molar-refractivity contribution in [1.82, 2.24) is 14.5 Å². The molecule has 0 aliphatic carbocycles. The number of aliphatic hydroxyl groups is 1. The van der Waals surface area contributed by atoms with Crippen LogP contribution in [0.5, 0.6) is 5.75 Å². The molecule has 0 bridgehead atoms. The first-order valence-corrected chi connectivity index (χ1v) is 10.7. The Morgan fingerprint density at radius 1 is 1.39 bits per heavy atom. The third-order valence-corrected chi connectivity index (χ3v) is 5.59. The second-order valence-corrected chi connectivity index (χ2v) is 8.89. The number of nitrogens with two attached hydrogens (primary N) is 1. The molecule has 1 fully saturated rings. The normalized spacial score (nSPS) is 23.1. The van der Waals surface area contributed by atoms with Gasteiger partial charge in [0.1, 0.15) is 42.3 Å². The third-order valence-electron chi connectivity index (χ3n) is 5.59. The highest BCUT2D eigenvalue weighted by atomic mass is 16.7. The maximum Gasteiger partial charge on any atom is 0.316 e. The zero-order valence-electron chi connectivity index (χ0n) is 19.1. The summed E-state index contributed by atoms with van der Waals surface area (Å²) in [6, 6.07) is 8.21. The number of aryl methyl sites for hydroxylation is 1. The fraction of sp³-hybridized carbons (Fsp3) is 0.435. The number of fused-ring (bicyclic) bond motifs is 1. The Morgan fingerprint density at radius 2 is 2.18 bits per heavy atom. The lowest BCUT2D eigenvalue weighted by Crippen LogP contribution is -2.47. The summed E-state index contributed by atoms with van der Waals surface area (Å²) in [6.07, 6.45) is 3.05. The van der Waals surface area contributed by atoms with E-state index < -0.39 is 23.5 Å². The van der Waals surface area contributed by atoms with E-state index in [-0.39, 0.29) is 12.8 Å². The molecule has 176 valence electrons. The molecule has 3 atom stereocenters. The molecule has 0 spiro atoms. The molecule has 10 nitrogen and oxygen atoms in total. The SMILES string of the molecule is Cc1ncnc2c1ccn2C1CC(C)(OC(C)(C)O)C(COc2cccc(NC(N)=O)c2)O1. The summed E-state index contributed by atoms with van der Waals surface area (Å²) < 4.78 is 20.4. The lowest BCUT2D eigenvalue weighted by atomic mass is 9.96. The molecule has 3 heterocycles. The molecule has 3 aromatic rings. The minimum atomic E-state index is -1.37. The Labute approximate surface area is 191 Å². The van der Waals surface area contributed by atoms with Crippen molar-refractivity contribution in [1.29, 1.82) is 0 Å². The summed E-state index contributed by atoms with van der Waals surface area (Å²) in [7, 11) is 0. The van der Waals surface area contributed by atoms with E-state index in [0.29, 0.717) is 17.9 Å². The van der Waals surface area contributed by atoms with Crippen molar-refractivity contribution < 1.29 is 24.1 Å². The van der Waals surface area contributed by atoms with Crippen molar-refractivity contribution in [3.05, 3.63) is 48.5 Å². The van der Waals surface area contributed by atoms with Crippen LogP contribution in [-0.4, -0.2) is 49.8 Å². The number of hydrogen-bond donors (Lipinski definition) is 3. The molecule has 1 aliphatic rings. The van der Waals surface area contributed by atoms with Gasteiger partial charge in [-0.3, -0.25) is 0 Å². The van der Waals surface area contributed by atoms with Crippen molar-refractivity contribution in [2.45, 2.75) is 57.8 Å². The number of carbonyl (C=O) groups excluding carboxylic acids is 1. The number of nitrogens with zero attached hydrogens (tertiary/aromatic N) is 3. The molecule has 10 heteroatoms. The van der Waals surface area contributed by atoms with Crippen LogP contribution in [0.4, 0.5) is 10.5 Å². The lowest BCUT2D eigenvalue weighted by molar-refractivity contribution is -0.253. The average molecular weight is 456 g/mol. The van der Waals surface area contributed by atoms with E-state index in [9.17, 15) is 9.90 Å². The molecule has 1 aromatic carbocycles. The predicted molar refractivity (Wildman–Crippen MR) is 122 cm³/mol. The quantitative estimate of drug-likeness (QED) is 0.466. The van der Waals surface area contributed by atoms with Crippen molar-refractivity contribution >= 4 is 22.8 Å². The summed E-state index contributed by atoms with van der Waals surface area (Å²) in [6.45, 7) is 7.17. The van der Waals surface area contributed by atoms with Gasteiger partial charge in [-0.15, -0.1) is 0 Å². The molecular formula is C23H29N5O5. The van der Waals surface area contributed by atoms with Gasteiger partial charge >= 0.3 is 6.03 Å². The van der Waals surface area contributed by atoms with Crippen LogP contribution >= 0.6 is 0 Å². The number of benzene rings is 1. The highest BCUT2D eigenvalue weighted by molar-refractivity contribution is 5.87. The van der Waals surface area contributed by atoms with Crippen molar-refractivity contribution in [2.75, 3.05) is 11.9 Å². The molecule has 2 amide bonds. The monoisotopic (exact) mass is 455 g/mol. The maximum atomic E-state index is 11.1. The summed E-state index contributed by atoms with van der Waals surface area (Å²) in [5, 5.41) is 13.9. The van der Waals surface area contributed by atoms with Gasteiger partial charge in [-0.05, 0) is 45.9 Å². The van der Waals surface area contributed by atoms with Gasteiger partial charge in [0.2, 0.25) is 0 Å². The van der Waals surface area contributed by atoms with Crippen molar-refractivity contribution in [3.63, 3.8) is 0 Å². The van der Waals surface area contributed by atoms with E-state index in [2.05, 4.69) is 15.3 Å². The molecule has 1 saturated heterocycles. The van der Waals surface area contributed by atoms with Gasteiger partial charge in [0, 0.05) is 29.8 Å². The zero-order valence-corrected chi connectivity index (χ0v) is 19.1. The van der Waals surface area contributed by atoms with Crippen LogP contribution in [0.25, 0.3) is 11.0 Å². The third kappa shape index (κ3) is 5.08. The molecule has 0 saturated carbocycles. The molecular weight excluding hydrogens is 426 g/mol. The molecule has 33 heavy (non-hydrogen) atoms. The number of nitrogens with one attached hydrogen (secondary N) is 1. The Hall–Kier alpha value is -3.21. The first-order chi connectivity index (χ1) is 15.5. The van der Waals surface area contributed by atoms with Crippen LogP contribution in [-0.2, 0) is 9.47 Å². The largest absolute Gasteiger partial charge is 0.491 e. The Bertz CT molecular complexity index is 1160. The number of aromatic nitrogens is 3. The second-order valence-electron chi connectivity index (χ2n) is 8.89. The predicted octanol–water partition coefficient (Wildman–Crippen LogP) is 3.10. The smallest absolute Gasteiger partial charge is 0.316 e. The number of ether oxygens (including phenoxy) is 3. The second kappa shape index (κ2) is 8.62. The van der Waals surface area contributed by atoms with Gasteiger partial charge in [-0.25, -0.2) is 14.8 Å². The fourth-order valence-corrected chi connectivity index (χ4v) is 4.22. The summed E-state index contributed by atoms with van der Waals surface area (Å²) in [5.74, 6) is -0.831. The van der Waals surface area contributed by atoms with Gasteiger partial charge in [-0.1, -0.05) is 6.07 Å². The summed E-state index contributed by atoms with van der Waals surface area (Å²) >= 11 is 0. The average Bonchev–Trinajstić information content (AvgIpc) is 3.26. The Balaban J connectivity index is 1.57. The Morgan fingerprint density at radius 3 is 2.91 bits per heavy atom. The van der Waals surface area contributed by atoms with Gasteiger partial charge in [0.15, 0.2) is 5.79 Å². The molecule has 4 N–H and O–H groups in total. The first kappa shape index (κ1) is 23.0. The first-order valence-electron chi connectivity index (χ1n) is 10.7. The topological polar surface area (TPSA) is 134 Å². The summed E-state index contributed by atoms with van der Waals surface area (Å²) in [5.41, 5.74) is 6.52. The van der Waals surface area contributed by atoms with E-state index in [1.165, 1.54) is 6.33 Å². The number of primary amides is 1. The van der Waals surface area contributed by atoms with E-state index >= 15 is 0 Å². The summed E-state index contributed by atoms with van der Waals surface area (Å²) in [4.78, 5) is 19.8. The lowest BCUT2D eigenvalue weighted by Gasteiger charge is -2.35. The molecule has 1 aliphatic heterocycles. The van der Waals surface area contributed by atoms with Gasteiger partial charge in [0.25, 0.3) is 0 Å². The van der Waals surface area contributed by atoms with Crippen LogP contribution < -0.4 is 15.8 Å². The van der Waals surface area contributed by atoms with Crippen molar-refractivity contribution in [3.8, 4) is 5.75 Å². The number of carbonyl (C=O) groups is 1. The fourth-order valence-electron chi connectivity index (χ4n) is 4.22. The molecule has 0 radical (unpaired) electrons. The number of amides is 2. The minimum Gasteiger partial charge on any atom is -0.491 e. The maximum absolute atomic E-state index is 11.1. The van der Waals surface area contributed by atoms with Crippen LogP contribution in [0.15, 0.2) is 42.9 Å². The minimum absolute atomic E-state index is 0.163. The number of urea groups is 1. The molecule has 3 unspecified atom stereocenters. The van der Waals surface area contributed by atoms with E-state index in [1.807, 2.05) is 30.7 Å². The van der Waals surface area contributed by atoms with Gasteiger partial charge < -0.3 is 34.9 Å². The highest BCUT2D eigenvalue weighted by Crippen LogP contribution is 2.42. The highest BCUT2D eigenvalue weighted by Gasteiger charge is 2.50. The molecule has 2 aromatic heterocycles. The zero-order chi connectivity index (χ0) is 23.8. The Kier molecular flexibility index (Phi) is 6.00. The van der Waals surface area contributed by atoms with Crippen LogP contribution in [0.3, 0.4) is 0 Å². The van der Waals surface area contributed by atoms with Gasteiger partial charge in [-0.2, -0.15) is 0 Å². The number of hydrogen-bond acceptors (Lipinski definition) is 7. The van der Waals surface area contributed by atoms with E-state index in [4.69, 9.17) is 19.9 Å². The molecule has 4 rings (SSSR count). The number of rotatable bonds is 7. The van der Waals surface area contributed by atoms with Gasteiger partial charge in [0.05, 0.1) is 5.69 Å². The number of anilines is 1. The van der Waals surface area contributed by atoms with E-state index in [0.717, 1.165) is 16.7 Å². The van der Waals surface area contributed by atoms with Crippen LogP contribution in [0.1, 0.15) is 39.1 Å². The standard InChI is InChI=1S/C23H29N5O5/c1-14-17-8-9-28(20(17)26-13-25-14)19-11-23(4,33-22(2,3)30)18(32-19)12-31-16-7-5-6-15(10-16)27-21(24)29/h5-10,13,18-19,30H,11-12H2,1-4H3,(H3,24,27,29). The van der Waals surface area contributed by atoms with Crippen LogP contribution in [0, 0.1) is 6.92 Å². The van der Waals surface area contributed by atoms with Crippen LogP contribution in [0.2, 0.25) is 0 Å². The van der Waals surface area contributed by atoms with E-state index in [1.54, 1.807) is 38.1 Å². The van der Waals surface area contributed by atoms with Crippen molar-refractivity contribution in [2.24, 2.45) is 5.73 Å².